The summed E-state index contributed by atoms with van der Waals surface area (Å²) >= 11 is 0. The van der Waals surface area contributed by atoms with Crippen LogP contribution in [0, 0.1) is 0 Å². The van der Waals surface area contributed by atoms with Gasteiger partial charge >= 0.3 is 0 Å². The molecule has 2 spiro atoms. The molecule has 0 radical (unpaired) electrons. The molecule has 64 heavy (non-hydrogen) atoms. The van der Waals surface area contributed by atoms with E-state index in [1.165, 1.54) is 89.0 Å². The van der Waals surface area contributed by atoms with Gasteiger partial charge in [-0.2, -0.15) is 0 Å². The van der Waals surface area contributed by atoms with Crippen LogP contribution in [-0.4, -0.2) is 0 Å². The van der Waals surface area contributed by atoms with Crippen LogP contribution >= 0.6 is 0 Å². The zero-order valence-electron chi connectivity index (χ0n) is 36.5. The summed E-state index contributed by atoms with van der Waals surface area (Å²) in [7, 11) is 0. The van der Waals surface area contributed by atoms with Crippen molar-refractivity contribution in [3.05, 3.63) is 246 Å². The van der Waals surface area contributed by atoms with Gasteiger partial charge in [-0.15, -0.1) is 0 Å². The van der Waals surface area contributed by atoms with Gasteiger partial charge in [0.25, 0.3) is 0 Å². The number of hydrogen-bond acceptors (Lipinski definition) is 1. The van der Waals surface area contributed by atoms with Gasteiger partial charge in [-0.3, -0.25) is 0 Å². The minimum atomic E-state index is -0.0983. The first-order chi connectivity index (χ1) is 31.4. The average molecular weight is 820 g/mol. The predicted octanol–water partition coefficient (Wildman–Crippen LogP) is 16.6. The highest BCUT2D eigenvalue weighted by Crippen LogP contribution is 2.64. The molecule has 9 aromatic carbocycles. The van der Waals surface area contributed by atoms with Crippen molar-refractivity contribution in [2.24, 2.45) is 0 Å². The van der Waals surface area contributed by atoms with Gasteiger partial charge < -0.3 is 4.90 Å². The highest BCUT2D eigenvalue weighted by molar-refractivity contribution is 5.89. The molecule has 1 heteroatoms. The molecule has 1 nitrogen and oxygen atoms in total. The maximum atomic E-state index is 2.56. The number of rotatable bonds is 5. The van der Waals surface area contributed by atoms with E-state index in [2.05, 4.69) is 231 Å². The molecule has 0 atom stereocenters. The molecule has 0 aromatic heterocycles. The van der Waals surface area contributed by atoms with E-state index in [0.29, 0.717) is 0 Å². The van der Waals surface area contributed by atoms with Crippen LogP contribution in [0.3, 0.4) is 0 Å². The summed E-state index contributed by atoms with van der Waals surface area (Å²) in [5.74, 6) is 0. The molecule has 9 aromatic rings. The summed E-state index contributed by atoms with van der Waals surface area (Å²) in [5.41, 5.74) is 25.5. The van der Waals surface area contributed by atoms with Crippen molar-refractivity contribution in [1.29, 1.82) is 0 Å². The fourth-order valence-corrected chi connectivity index (χ4v) is 12.8. The van der Waals surface area contributed by atoms with Gasteiger partial charge in [0.1, 0.15) is 0 Å². The number of benzene rings is 9. The Morgan fingerprint density at radius 3 is 1.31 bits per heavy atom. The second kappa shape index (κ2) is 13.9. The van der Waals surface area contributed by atoms with E-state index >= 15 is 0 Å². The number of anilines is 3. The van der Waals surface area contributed by atoms with E-state index in [9.17, 15) is 0 Å². The quantitative estimate of drug-likeness (QED) is 0.167. The molecule has 0 saturated heterocycles. The van der Waals surface area contributed by atoms with Crippen LogP contribution < -0.4 is 4.90 Å². The van der Waals surface area contributed by atoms with E-state index in [1.807, 2.05) is 0 Å². The third-order valence-corrected chi connectivity index (χ3v) is 15.9. The maximum absolute atomic E-state index is 2.56. The SMILES string of the molecule is CC1(C)c2ccccc2-c2ccc(N(c3ccc(-c4ccc5c(c4)C4(CCC6(CC4)c4ccccc4-c4ccccc46)c4ccccc4-5)cc3)c3cccc(-c4ccccc4)c3)cc21. The monoisotopic (exact) mass is 819 g/mol. The molecular weight excluding hydrogens is 771 g/mol. The lowest BCUT2D eigenvalue weighted by Crippen LogP contribution is -2.39. The molecular formula is C63H49N. The largest absolute Gasteiger partial charge is 0.310 e. The standard InChI is InChI=1S/C63H49N/c1-61(2)55-23-10-6-19-49(55)53-34-32-48(41-59(53)61)64(47-18-14-17-44(39-47)42-15-4-3-5-16-42)46-30-27-43(28-31-46)45-29-33-54-52-22-9-13-26-58(52)63(60(54)40-45)37-35-62(36-38-63)56-24-11-7-20-50(56)51-21-8-12-25-57(51)62/h3-34,39-41H,35-38H2,1-2H3. The second-order valence-electron chi connectivity index (χ2n) is 19.3. The van der Waals surface area contributed by atoms with Crippen LogP contribution in [0.2, 0.25) is 0 Å². The Hall–Kier alpha value is -7.22. The van der Waals surface area contributed by atoms with Gasteiger partial charge in [-0.05, 0) is 157 Å². The van der Waals surface area contributed by atoms with Crippen LogP contribution in [0.4, 0.5) is 17.1 Å². The molecule has 0 amide bonds. The summed E-state index contributed by atoms with van der Waals surface area (Å²) < 4.78 is 0. The summed E-state index contributed by atoms with van der Waals surface area (Å²) in [5, 5.41) is 0. The number of nitrogens with zero attached hydrogens (tertiary/aromatic N) is 1. The lowest BCUT2D eigenvalue weighted by Gasteiger charge is -2.45. The molecule has 4 aliphatic rings. The zero-order chi connectivity index (χ0) is 42.6. The molecule has 4 aliphatic carbocycles. The van der Waals surface area contributed by atoms with Crippen LogP contribution in [0.25, 0.3) is 55.6 Å². The molecule has 0 unspecified atom stereocenters. The van der Waals surface area contributed by atoms with Gasteiger partial charge in [0.15, 0.2) is 0 Å². The van der Waals surface area contributed by atoms with Gasteiger partial charge in [0.05, 0.1) is 0 Å². The van der Waals surface area contributed by atoms with Gasteiger partial charge in [0, 0.05) is 33.3 Å². The fraction of sp³-hybridized carbons (Fsp3) is 0.143. The Kier molecular flexibility index (Phi) is 8.10. The van der Waals surface area contributed by atoms with E-state index in [1.54, 1.807) is 0 Å². The molecule has 13 rings (SSSR count). The molecule has 0 heterocycles. The van der Waals surface area contributed by atoms with E-state index in [4.69, 9.17) is 0 Å². The Balaban J connectivity index is 0.887. The van der Waals surface area contributed by atoms with Crippen molar-refractivity contribution in [3.63, 3.8) is 0 Å². The normalized spacial score (nSPS) is 16.1. The third kappa shape index (κ3) is 5.31. The number of hydrogen-bond donors (Lipinski definition) is 0. The van der Waals surface area contributed by atoms with Gasteiger partial charge in [0.2, 0.25) is 0 Å². The van der Waals surface area contributed by atoms with Crippen molar-refractivity contribution in [2.75, 3.05) is 4.90 Å². The first-order valence-corrected chi connectivity index (χ1v) is 23.2. The van der Waals surface area contributed by atoms with E-state index < -0.39 is 0 Å². The topological polar surface area (TPSA) is 3.24 Å². The predicted molar refractivity (Wildman–Crippen MR) is 267 cm³/mol. The van der Waals surface area contributed by atoms with Crippen LogP contribution in [0.5, 0.6) is 0 Å². The molecule has 1 saturated carbocycles. The molecule has 0 aliphatic heterocycles. The highest BCUT2D eigenvalue weighted by atomic mass is 15.1. The van der Waals surface area contributed by atoms with Gasteiger partial charge in [-0.1, -0.05) is 184 Å². The Morgan fingerprint density at radius 1 is 0.281 bits per heavy atom. The fourth-order valence-electron chi connectivity index (χ4n) is 12.8. The average Bonchev–Trinajstić information content (AvgIpc) is 3.88. The van der Waals surface area contributed by atoms with Crippen molar-refractivity contribution >= 4 is 17.1 Å². The molecule has 0 bridgehead atoms. The van der Waals surface area contributed by atoms with Crippen molar-refractivity contribution in [1.82, 2.24) is 0 Å². The zero-order valence-corrected chi connectivity index (χ0v) is 36.5. The summed E-state index contributed by atoms with van der Waals surface area (Å²) in [4.78, 5) is 2.45. The lowest BCUT2D eigenvalue weighted by molar-refractivity contribution is 0.265. The first-order valence-electron chi connectivity index (χ1n) is 23.2. The third-order valence-electron chi connectivity index (χ3n) is 15.9. The van der Waals surface area contributed by atoms with Crippen LogP contribution in [-0.2, 0) is 16.2 Å². The van der Waals surface area contributed by atoms with E-state index in [-0.39, 0.29) is 16.2 Å². The van der Waals surface area contributed by atoms with Gasteiger partial charge in [-0.25, -0.2) is 0 Å². The smallest absolute Gasteiger partial charge is 0.0467 e. The highest BCUT2D eigenvalue weighted by Gasteiger charge is 2.53. The summed E-state index contributed by atoms with van der Waals surface area (Å²) in [6.45, 7) is 4.74. The summed E-state index contributed by atoms with van der Waals surface area (Å²) in [6, 6.07) is 80.2. The second-order valence-corrected chi connectivity index (χ2v) is 19.3. The minimum Gasteiger partial charge on any atom is -0.310 e. The molecule has 0 N–H and O–H groups in total. The van der Waals surface area contributed by atoms with Crippen molar-refractivity contribution < 1.29 is 0 Å². The van der Waals surface area contributed by atoms with Crippen LogP contribution in [0.1, 0.15) is 72.9 Å². The van der Waals surface area contributed by atoms with Crippen molar-refractivity contribution in [3.8, 4) is 55.6 Å². The number of fused-ring (bicyclic) bond motifs is 13. The van der Waals surface area contributed by atoms with E-state index in [0.717, 1.165) is 42.7 Å². The lowest BCUT2D eigenvalue weighted by atomic mass is 9.57. The molecule has 1 fully saturated rings. The Bertz CT molecular complexity index is 3260. The maximum Gasteiger partial charge on any atom is 0.0467 e. The molecule has 306 valence electrons. The minimum absolute atomic E-state index is 0.0127. The Morgan fingerprint density at radius 2 is 0.688 bits per heavy atom. The summed E-state index contributed by atoms with van der Waals surface area (Å²) in [6.07, 6.45) is 4.53. The first kappa shape index (κ1) is 37.3. The van der Waals surface area contributed by atoms with Crippen molar-refractivity contribution in [2.45, 2.75) is 55.8 Å². The van der Waals surface area contributed by atoms with Crippen LogP contribution in [0.15, 0.2) is 212 Å². The Labute approximate surface area is 377 Å².